The number of carbonyl (C=O) groups is 1. The number of sulfonamides is 1. The zero-order valence-electron chi connectivity index (χ0n) is 18.1. The van der Waals surface area contributed by atoms with Gasteiger partial charge in [0.2, 0.25) is 21.9 Å². The van der Waals surface area contributed by atoms with Crippen molar-refractivity contribution in [1.82, 2.24) is 19.2 Å². The third kappa shape index (κ3) is 4.57. The van der Waals surface area contributed by atoms with Crippen LogP contribution >= 0.6 is 0 Å². The Morgan fingerprint density at radius 2 is 1.74 bits per heavy atom. The lowest BCUT2D eigenvalue weighted by Gasteiger charge is -2.38. The van der Waals surface area contributed by atoms with Crippen LogP contribution < -0.4 is 4.90 Å². The molecule has 0 N–H and O–H groups in total. The van der Waals surface area contributed by atoms with Gasteiger partial charge in [-0.1, -0.05) is 12.1 Å². The molecule has 2 saturated heterocycles. The Morgan fingerprint density at radius 1 is 1.03 bits per heavy atom. The third-order valence-electron chi connectivity index (χ3n) is 6.12. The van der Waals surface area contributed by atoms with E-state index < -0.39 is 10.0 Å². The van der Waals surface area contributed by atoms with Crippen LogP contribution in [0.15, 0.2) is 41.6 Å². The van der Waals surface area contributed by atoms with Gasteiger partial charge in [0.05, 0.1) is 10.8 Å². The quantitative estimate of drug-likeness (QED) is 0.717. The van der Waals surface area contributed by atoms with Crippen LogP contribution in [0.25, 0.3) is 0 Å². The summed E-state index contributed by atoms with van der Waals surface area (Å²) in [6.45, 7) is 6.63. The van der Waals surface area contributed by atoms with E-state index >= 15 is 0 Å². The van der Waals surface area contributed by atoms with Gasteiger partial charge in [0.25, 0.3) is 0 Å². The van der Waals surface area contributed by atoms with Crippen molar-refractivity contribution in [3.8, 4) is 0 Å². The van der Waals surface area contributed by atoms with Crippen molar-refractivity contribution in [2.24, 2.45) is 5.92 Å². The monoisotopic (exact) mass is 443 g/mol. The molecule has 3 heterocycles. The normalized spacial score (nSPS) is 20.6. The second kappa shape index (κ2) is 8.92. The van der Waals surface area contributed by atoms with E-state index in [-0.39, 0.29) is 11.8 Å². The summed E-state index contributed by atoms with van der Waals surface area (Å²) in [7, 11) is -3.56. The van der Waals surface area contributed by atoms with Crippen molar-refractivity contribution in [3.63, 3.8) is 0 Å². The first-order valence-corrected chi connectivity index (χ1v) is 12.2. The molecule has 4 rings (SSSR count). The number of aromatic nitrogens is 2. The first kappa shape index (κ1) is 21.7. The van der Waals surface area contributed by atoms with Gasteiger partial charge in [-0.15, -0.1) is 0 Å². The SMILES string of the molecule is Cc1ccc(C)c(S(=O)(=O)N2CCN(C(=O)C3CCCN(c4ncccn4)C3)CC2)c1. The summed E-state index contributed by atoms with van der Waals surface area (Å²) < 4.78 is 27.8. The molecular weight excluding hydrogens is 414 g/mol. The molecule has 166 valence electrons. The fourth-order valence-electron chi connectivity index (χ4n) is 4.35. The highest BCUT2D eigenvalue weighted by Gasteiger charge is 2.35. The predicted octanol–water partition coefficient (Wildman–Crippen LogP) is 1.84. The summed E-state index contributed by atoms with van der Waals surface area (Å²) >= 11 is 0. The number of hydrogen-bond acceptors (Lipinski definition) is 6. The Kier molecular flexibility index (Phi) is 6.24. The molecule has 1 aromatic carbocycles. The van der Waals surface area contributed by atoms with Crippen molar-refractivity contribution in [2.45, 2.75) is 31.6 Å². The fraction of sp³-hybridized carbons (Fsp3) is 0.500. The zero-order chi connectivity index (χ0) is 22.0. The van der Waals surface area contributed by atoms with Gasteiger partial charge >= 0.3 is 0 Å². The predicted molar refractivity (Wildman–Crippen MR) is 118 cm³/mol. The lowest BCUT2D eigenvalue weighted by Crippen LogP contribution is -2.53. The van der Waals surface area contributed by atoms with Gasteiger partial charge in [0, 0.05) is 51.7 Å². The van der Waals surface area contributed by atoms with E-state index in [1.54, 1.807) is 24.5 Å². The molecule has 2 aliphatic heterocycles. The molecule has 0 bridgehead atoms. The van der Waals surface area contributed by atoms with Crippen LogP contribution in [-0.2, 0) is 14.8 Å². The molecule has 0 spiro atoms. The van der Waals surface area contributed by atoms with Gasteiger partial charge in [-0.3, -0.25) is 4.79 Å². The molecule has 2 fully saturated rings. The maximum atomic E-state index is 13.1. The topological polar surface area (TPSA) is 86.7 Å². The Balaban J connectivity index is 1.39. The molecule has 8 nitrogen and oxygen atoms in total. The third-order valence-corrected chi connectivity index (χ3v) is 8.16. The van der Waals surface area contributed by atoms with E-state index in [2.05, 4.69) is 14.9 Å². The number of piperazine rings is 1. The molecule has 1 aromatic heterocycles. The largest absolute Gasteiger partial charge is 0.340 e. The summed E-state index contributed by atoms with van der Waals surface area (Å²) in [5, 5.41) is 0. The second-order valence-electron chi connectivity index (χ2n) is 8.33. The Hall–Kier alpha value is -2.52. The van der Waals surface area contributed by atoms with E-state index in [1.807, 2.05) is 30.9 Å². The van der Waals surface area contributed by atoms with Gasteiger partial charge < -0.3 is 9.80 Å². The standard InChI is InChI=1S/C22H29N5O3S/c1-17-6-7-18(2)20(15-17)31(29,30)27-13-11-25(12-14-27)21(28)19-5-3-10-26(16-19)22-23-8-4-9-24-22/h4,6-9,15,19H,3,5,10-14,16H2,1-2H3. The van der Waals surface area contributed by atoms with Crippen LogP contribution in [0.2, 0.25) is 0 Å². The number of rotatable bonds is 4. The molecule has 0 saturated carbocycles. The molecule has 2 aromatic rings. The van der Waals surface area contributed by atoms with Crippen molar-refractivity contribution < 1.29 is 13.2 Å². The Morgan fingerprint density at radius 3 is 2.45 bits per heavy atom. The molecule has 31 heavy (non-hydrogen) atoms. The van der Waals surface area contributed by atoms with Crippen LogP contribution in [0.5, 0.6) is 0 Å². The molecule has 0 aliphatic carbocycles. The van der Waals surface area contributed by atoms with Gasteiger partial charge in [0.1, 0.15) is 0 Å². The molecule has 0 radical (unpaired) electrons. The molecule has 1 amide bonds. The summed E-state index contributed by atoms with van der Waals surface area (Å²) in [5.41, 5.74) is 1.66. The molecule has 9 heteroatoms. The average Bonchev–Trinajstić information content (AvgIpc) is 2.81. The number of carbonyl (C=O) groups excluding carboxylic acids is 1. The second-order valence-corrected chi connectivity index (χ2v) is 10.2. The minimum absolute atomic E-state index is 0.101. The van der Waals surface area contributed by atoms with E-state index in [4.69, 9.17) is 0 Å². The van der Waals surface area contributed by atoms with E-state index in [9.17, 15) is 13.2 Å². The first-order chi connectivity index (χ1) is 14.9. The van der Waals surface area contributed by atoms with Crippen molar-refractivity contribution >= 4 is 21.9 Å². The van der Waals surface area contributed by atoms with Crippen LogP contribution in [0.4, 0.5) is 5.95 Å². The first-order valence-electron chi connectivity index (χ1n) is 10.7. The van der Waals surface area contributed by atoms with Crippen molar-refractivity contribution in [2.75, 3.05) is 44.2 Å². The number of benzene rings is 1. The number of nitrogens with zero attached hydrogens (tertiary/aromatic N) is 5. The Labute approximate surface area is 183 Å². The summed E-state index contributed by atoms with van der Waals surface area (Å²) in [6, 6.07) is 7.26. The zero-order valence-corrected chi connectivity index (χ0v) is 18.9. The minimum atomic E-state index is -3.56. The van der Waals surface area contributed by atoms with Crippen molar-refractivity contribution in [1.29, 1.82) is 0 Å². The summed E-state index contributed by atoms with van der Waals surface area (Å²) in [4.78, 5) is 26.0. The van der Waals surface area contributed by atoms with E-state index in [0.29, 0.717) is 43.6 Å². The van der Waals surface area contributed by atoms with Crippen LogP contribution in [0, 0.1) is 19.8 Å². The number of aryl methyl sites for hydroxylation is 2. The lowest BCUT2D eigenvalue weighted by atomic mass is 9.96. The molecular formula is C22H29N5O3S. The highest BCUT2D eigenvalue weighted by atomic mass is 32.2. The fourth-order valence-corrected chi connectivity index (χ4v) is 6.08. The summed E-state index contributed by atoms with van der Waals surface area (Å²) in [6.07, 6.45) is 5.17. The number of piperidine rings is 1. The molecule has 2 aliphatic rings. The van der Waals surface area contributed by atoms with Crippen LogP contribution in [0.3, 0.4) is 0 Å². The summed E-state index contributed by atoms with van der Waals surface area (Å²) in [5.74, 6) is 0.647. The average molecular weight is 444 g/mol. The highest BCUT2D eigenvalue weighted by Crippen LogP contribution is 2.25. The maximum absolute atomic E-state index is 13.1. The highest BCUT2D eigenvalue weighted by molar-refractivity contribution is 7.89. The van der Waals surface area contributed by atoms with Crippen LogP contribution in [0.1, 0.15) is 24.0 Å². The van der Waals surface area contributed by atoms with Gasteiger partial charge in [-0.25, -0.2) is 18.4 Å². The molecule has 1 atom stereocenters. The minimum Gasteiger partial charge on any atom is -0.340 e. The lowest BCUT2D eigenvalue weighted by molar-refractivity contribution is -0.137. The number of amides is 1. The van der Waals surface area contributed by atoms with Gasteiger partial charge in [-0.2, -0.15) is 4.31 Å². The number of hydrogen-bond donors (Lipinski definition) is 0. The maximum Gasteiger partial charge on any atom is 0.243 e. The van der Waals surface area contributed by atoms with Gasteiger partial charge in [0.15, 0.2) is 0 Å². The number of anilines is 1. The van der Waals surface area contributed by atoms with Crippen molar-refractivity contribution in [3.05, 3.63) is 47.8 Å². The Bertz CT molecular complexity index is 1040. The van der Waals surface area contributed by atoms with E-state index in [1.165, 1.54) is 4.31 Å². The van der Waals surface area contributed by atoms with Gasteiger partial charge in [-0.05, 0) is 49.9 Å². The smallest absolute Gasteiger partial charge is 0.243 e. The van der Waals surface area contributed by atoms with Crippen LogP contribution in [-0.4, -0.2) is 72.8 Å². The van der Waals surface area contributed by atoms with E-state index in [0.717, 1.165) is 30.5 Å². The molecule has 1 unspecified atom stereocenters.